The Morgan fingerprint density at radius 3 is 2.12 bits per heavy atom. The van der Waals surface area contributed by atoms with E-state index in [1.54, 1.807) is 11.8 Å². The number of aromatic nitrogens is 2. The van der Waals surface area contributed by atoms with Crippen LogP contribution in [0.1, 0.15) is 4.79 Å². The number of carbonyl (C=O) groups is 1. The van der Waals surface area contributed by atoms with Crippen LogP contribution in [0.2, 0.25) is 45.3 Å². The van der Waals surface area contributed by atoms with Crippen molar-refractivity contribution < 1.29 is 9.53 Å². The molecule has 0 bridgehead atoms. The molecule has 24 heavy (non-hydrogen) atoms. The predicted molar refractivity (Wildman–Crippen MR) is 106 cm³/mol. The summed E-state index contributed by atoms with van der Waals surface area (Å²) in [6, 6.07) is 10.5. The summed E-state index contributed by atoms with van der Waals surface area (Å²) in [6.45, 7) is 13.3. The fourth-order valence-electron chi connectivity index (χ4n) is 2.65. The lowest BCUT2D eigenvalue weighted by Crippen LogP contribution is -2.40. The summed E-state index contributed by atoms with van der Waals surface area (Å²) in [6.07, 6.45) is 0. The fourth-order valence-corrected chi connectivity index (χ4v) is 5.00. The molecule has 0 unspecified atom stereocenters. The molecule has 130 valence electrons. The van der Waals surface area contributed by atoms with Crippen molar-refractivity contribution in [3.8, 4) is 17.0 Å². The van der Waals surface area contributed by atoms with Gasteiger partial charge >= 0.3 is 0 Å². The largest absolute Gasteiger partial charge is 0.493 e. The number of hydrogen-bond acceptors (Lipinski definition) is 3. The first-order chi connectivity index (χ1) is 11.0. The van der Waals surface area contributed by atoms with Gasteiger partial charge in [-0.1, -0.05) is 69.6 Å². The minimum absolute atomic E-state index is 0.0656. The van der Waals surface area contributed by atoms with Crippen LogP contribution in [0.25, 0.3) is 11.3 Å². The summed E-state index contributed by atoms with van der Waals surface area (Å²) < 4.78 is 7.33. The molecular formula is C18H28N2O2Si2. The Kier molecular flexibility index (Phi) is 5.20. The van der Waals surface area contributed by atoms with Crippen LogP contribution in [0.4, 0.5) is 0 Å². The average molecular weight is 361 g/mol. The highest BCUT2D eigenvalue weighted by Gasteiger charge is 2.32. The highest BCUT2D eigenvalue weighted by Crippen LogP contribution is 2.31. The first kappa shape index (κ1) is 18.7. The van der Waals surface area contributed by atoms with Gasteiger partial charge in [0.15, 0.2) is 5.75 Å². The molecule has 0 spiro atoms. The van der Waals surface area contributed by atoms with Crippen molar-refractivity contribution in [1.29, 1.82) is 0 Å². The molecule has 0 N–H and O–H groups in total. The van der Waals surface area contributed by atoms with Crippen LogP contribution in [0, 0.1) is 0 Å². The second-order valence-electron chi connectivity index (χ2n) is 8.39. The predicted octanol–water partition coefficient (Wildman–Crippen LogP) is 4.08. The van der Waals surface area contributed by atoms with Crippen LogP contribution in [0.3, 0.4) is 0 Å². The van der Waals surface area contributed by atoms with Crippen LogP contribution >= 0.6 is 0 Å². The molecule has 0 fully saturated rings. The summed E-state index contributed by atoms with van der Waals surface area (Å²) in [4.78, 5) is 13.0. The number of rotatable bonds is 5. The standard InChI is InChI=1S/C18H28N2O2Si2/c1-22-17-16(14-11-9-8-10-12-14)20(15(21)13-23(2,3)4)19-18(17)24(5,6)7/h8-12H,13H2,1-7H3. The van der Waals surface area contributed by atoms with Crippen molar-refractivity contribution in [3.63, 3.8) is 0 Å². The summed E-state index contributed by atoms with van der Waals surface area (Å²) in [5, 5.41) is 5.69. The van der Waals surface area contributed by atoms with Gasteiger partial charge in [-0.05, 0) is 0 Å². The second-order valence-corrected chi connectivity index (χ2v) is 18.8. The zero-order valence-electron chi connectivity index (χ0n) is 15.8. The van der Waals surface area contributed by atoms with E-state index in [4.69, 9.17) is 9.84 Å². The molecule has 1 aromatic heterocycles. The quantitative estimate of drug-likeness (QED) is 0.755. The molecule has 6 heteroatoms. The maximum atomic E-state index is 13.0. The highest BCUT2D eigenvalue weighted by molar-refractivity contribution is 6.88. The molecule has 2 aromatic rings. The summed E-state index contributed by atoms with van der Waals surface area (Å²) in [5.41, 5.74) is 1.76. The van der Waals surface area contributed by atoms with Crippen LogP contribution < -0.4 is 10.1 Å². The van der Waals surface area contributed by atoms with Gasteiger partial charge < -0.3 is 4.74 Å². The van der Waals surface area contributed by atoms with Crippen molar-refractivity contribution in [3.05, 3.63) is 30.3 Å². The Morgan fingerprint density at radius 1 is 1.08 bits per heavy atom. The molecular weight excluding hydrogens is 332 g/mol. The third-order valence-corrected chi connectivity index (χ3v) is 6.83. The topological polar surface area (TPSA) is 44.1 Å². The molecule has 0 aliphatic heterocycles. The van der Waals surface area contributed by atoms with Crippen molar-refractivity contribution in [2.24, 2.45) is 0 Å². The molecule has 0 radical (unpaired) electrons. The second kappa shape index (κ2) is 6.68. The number of hydrogen-bond donors (Lipinski definition) is 0. The van der Waals surface area contributed by atoms with E-state index in [-0.39, 0.29) is 5.91 Å². The van der Waals surface area contributed by atoms with Crippen molar-refractivity contribution in [2.75, 3.05) is 7.11 Å². The molecule has 0 amide bonds. The molecule has 0 aliphatic carbocycles. The summed E-state index contributed by atoms with van der Waals surface area (Å²) >= 11 is 0. The van der Waals surface area contributed by atoms with Crippen LogP contribution in [0.5, 0.6) is 5.75 Å². The van der Waals surface area contributed by atoms with E-state index in [0.29, 0.717) is 6.04 Å². The van der Waals surface area contributed by atoms with Crippen LogP contribution in [-0.2, 0) is 0 Å². The summed E-state index contributed by atoms with van der Waals surface area (Å²) in [5.74, 6) is 0.820. The molecule has 0 aliphatic rings. The van der Waals surface area contributed by atoms with Gasteiger partial charge in [0.25, 0.3) is 0 Å². The van der Waals surface area contributed by atoms with E-state index >= 15 is 0 Å². The van der Waals surface area contributed by atoms with E-state index in [1.807, 2.05) is 30.3 Å². The molecule has 2 rings (SSSR count). The Morgan fingerprint density at radius 2 is 1.67 bits per heavy atom. The van der Waals surface area contributed by atoms with Gasteiger partial charge in [-0.2, -0.15) is 9.78 Å². The summed E-state index contributed by atoms with van der Waals surface area (Å²) in [7, 11) is -1.61. The smallest absolute Gasteiger partial charge is 0.244 e. The Hall–Kier alpha value is -1.67. The van der Waals surface area contributed by atoms with E-state index < -0.39 is 16.1 Å². The monoisotopic (exact) mass is 360 g/mol. The molecule has 0 atom stereocenters. The molecule has 1 heterocycles. The maximum Gasteiger partial charge on any atom is 0.244 e. The lowest BCUT2D eigenvalue weighted by Gasteiger charge is -2.15. The maximum absolute atomic E-state index is 13.0. The van der Waals surface area contributed by atoms with Gasteiger partial charge in [0.05, 0.1) is 20.5 Å². The average Bonchev–Trinajstić information content (AvgIpc) is 2.86. The van der Waals surface area contributed by atoms with E-state index in [9.17, 15) is 4.79 Å². The zero-order valence-corrected chi connectivity index (χ0v) is 17.8. The van der Waals surface area contributed by atoms with Crippen molar-refractivity contribution in [1.82, 2.24) is 9.78 Å². The number of methoxy groups -OCH3 is 1. The first-order valence-corrected chi connectivity index (χ1v) is 15.5. The third kappa shape index (κ3) is 4.05. The lowest BCUT2D eigenvalue weighted by atomic mass is 10.1. The number of nitrogens with zero attached hydrogens (tertiary/aromatic N) is 2. The van der Waals surface area contributed by atoms with Gasteiger partial charge in [-0.15, -0.1) is 0 Å². The normalized spacial score (nSPS) is 12.3. The number of benzene rings is 1. The van der Waals surface area contributed by atoms with Crippen LogP contribution in [0.15, 0.2) is 30.3 Å². The van der Waals surface area contributed by atoms with Gasteiger partial charge in [0.2, 0.25) is 5.91 Å². The Bertz CT molecular complexity index is 726. The van der Waals surface area contributed by atoms with E-state index in [2.05, 4.69) is 39.3 Å². The van der Waals surface area contributed by atoms with Crippen molar-refractivity contribution >= 4 is 27.4 Å². The minimum atomic E-state index is -1.74. The van der Waals surface area contributed by atoms with Crippen LogP contribution in [-0.4, -0.2) is 38.9 Å². The lowest BCUT2D eigenvalue weighted by molar-refractivity contribution is 0.0922. The van der Waals surface area contributed by atoms with Gasteiger partial charge in [-0.25, -0.2) is 0 Å². The first-order valence-electron chi connectivity index (χ1n) is 8.31. The highest BCUT2D eigenvalue weighted by atomic mass is 28.3. The minimum Gasteiger partial charge on any atom is -0.493 e. The number of ether oxygens (including phenoxy) is 1. The van der Waals surface area contributed by atoms with Gasteiger partial charge in [-0.3, -0.25) is 4.79 Å². The Labute approximate surface area is 146 Å². The molecule has 0 saturated heterocycles. The molecule has 0 saturated carbocycles. The molecule has 4 nitrogen and oxygen atoms in total. The fraction of sp³-hybridized carbons (Fsp3) is 0.444. The zero-order chi connectivity index (χ0) is 18.1. The van der Waals surface area contributed by atoms with Gasteiger partial charge in [0, 0.05) is 11.6 Å². The third-order valence-electron chi connectivity index (χ3n) is 3.72. The van der Waals surface area contributed by atoms with E-state index in [1.165, 1.54) is 0 Å². The molecule has 1 aromatic carbocycles. The van der Waals surface area contributed by atoms with Crippen molar-refractivity contribution in [2.45, 2.75) is 45.3 Å². The van der Waals surface area contributed by atoms with E-state index in [0.717, 1.165) is 22.3 Å². The Balaban J connectivity index is 2.69. The van der Waals surface area contributed by atoms with Gasteiger partial charge in [0.1, 0.15) is 13.8 Å². The SMILES string of the molecule is COc1c([Si](C)(C)C)nn(C(=O)C[Si](C)(C)C)c1-c1ccccc1. The number of carbonyl (C=O) groups excluding carboxylic acids is 1.